The average molecular weight is 724 g/mol. The van der Waals surface area contributed by atoms with Gasteiger partial charge in [0.05, 0.1) is 25.2 Å². The van der Waals surface area contributed by atoms with Gasteiger partial charge in [-0.3, -0.25) is 9.59 Å². The Kier molecular flexibility index (Phi) is 39.2. The number of hydrogen-bond donors (Lipinski definition) is 3. The van der Waals surface area contributed by atoms with E-state index in [-0.39, 0.29) is 24.9 Å². The molecular weight excluding hydrogens is 634 g/mol. The Morgan fingerprint density at radius 3 is 1.20 bits per heavy atom. The molecule has 0 aromatic rings. The summed E-state index contributed by atoms with van der Waals surface area (Å²) in [5.41, 5.74) is 0. The van der Waals surface area contributed by atoms with E-state index in [1.54, 1.807) is 0 Å². The van der Waals surface area contributed by atoms with Crippen molar-refractivity contribution in [1.82, 2.24) is 5.32 Å². The number of aliphatic hydroxyl groups is 2. The van der Waals surface area contributed by atoms with Crippen molar-refractivity contribution in [1.29, 1.82) is 0 Å². The van der Waals surface area contributed by atoms with Crippen LogP contribution in [-0.2, 0) is 14.3 Å². The standard InChI is InChI=1S/C45H89NO5/c1-4-7-10-13-16-19-21-23-25-27-30-33-36-41(51-45(50)38-35-32-29-26-22-20-17-14-11-8-5-2)39-44(49)46-42(40-47)43(48)37-34-31-28-24-18-15-12-9-6-3/h41-43,47-48H,4-40H2,1-3H3,(H,46,49). The second kappa shape index (κ2) is 40.1. The molecule has 0 heterocycles. The van der Waals surface area contributed by atoms with E-state index in [4.69, 9.17) is 4.74 Å². The molecule has 0 saturated carbocycles. The fourth-order valence-electron chi connectivity index (χ4n) is 7.20. The number of ether oxygens (including phenoxy) is 1. The van der Waals surface area contributed by atoms with Gasteiger partial charge in [0.2, 0.25) is 5.91 Å². The number of carbonyl (C=O) groups excluding carboxylic acids is 2. The Labute approximate surface area is 317 Å². The molecule has 6 heteroatoms. The fraction of sp³-hybridized carbons (Fsp3) is 0.956. The molecule has 0 radical (unpaired) electrons. The first-order valence-corrected chi connectivity index (χ1v) is 22.8. The van der Waals surface area contributed by atoms with Gasteiger partial charge in [-0.2, -0.15) is 0 Å². The van der Waals surface area contributed by atoms with Crippen LogP contribution in [0.25, 0.3) is 0 Å². The lowest BCUT2D eigenvalue weighted by Crippen LogP contribution is -2.46. The van der Waals surface area contributed by atoms with Crippen LogP contribution in [-0.4, -0.2) is 46.9 Å². The second-order valence-corrected chi connectivity index (χ2v) is 15.8. The summed E-state index contributed by atoms with van der Waals surface area (Å²) in [6.45, 7) is 6.46. The highest BCUT2D eigenvalue weighted by molar-refractivity contribution is 5.77. The molecule has 3 unspecified atom stereocenters. The molecule has 304 valence electrons. The van der Waals surface area contributed by atoms with Crippen LogP contribution in [0, 0.1) is 0 Å². The van der Waals surface area contributed by atoms with Crippen molar-refractivity contribution in [2.24, 2.45) is 0 Å². The topological polar surface area (TPSA) is 95.9 Å². The van der Waals surface area contributed by atoms with E-state index in [0.717, 1.165) is 44.9 Å². The second-order valence-electron chi connectivity index (χ2n) is 15.8. The normalized spacial score (nSPS) is 13.3. The van der Waals surface area contributed by atoms with Crippen LogP contribution in [0.5, 0.6) is 0 Å². The zero-order valence-electron chi connectivity index (χ0n) is 34.5. The number of esters is 1. The summed E-state index contributed by atoms with van der Waals surface area (Å²) in [4.78, 5) is 25.9. The minimum absolute atomic E-state index is 0.0866. The summed E-state index contributed by atoms with van der Waals surface area (Å²) in [6, 6.07) is -0.689. The Hall–Kier alpha value is -1.14. The smallest absolute Gasteiger partial charge is 0.306 e. The number of unbranched alkanes of at least 4 members (excludes halogenated alkanes) is 29. The molecule has 6 nitrogen and oxygen atoms in total. The summed E-state index contributed by atoms with van der Waals surface area (Å²) >= 11 is 0. The van der Waals surface area contributed by atoms with E-state index < -0.39 is 18.2 Å². The minimum atomic E-state index is -0.776. The Balaban J connectivity index is 4.56. The first-order valence-electron chi connectivity index (χ1n) is 22.8. The van der Waals surface area contributed by atoms with Gasteiger partial charge in [0, 0.05) is 6.42 Å². The Bertz CT molecular complexity index is 731. The van der Waals surface area contributed by atoms with E-state index in [9.17, 15) is 19.8 Å². The van der Waals surface area contributed by atoms with Gasteiger partial charge >= 0.3 is 5.97 Å². The predicted octanol–water partition coefficient (Wildman–Crippen LogP) is 12.8. The van der Waals surface area contributed by atoms with Gasteiger partial charge in [0.1, 0.15) is 6.10 Å². The van der Waals surface area contributed by atoms with Crippen molar-refractivity contribution in [2.75, 3.05) is 6.61 Å². The Morgan fingerprint density at radius 1 is 0.490 bits per heavy atom. The minimum Gasteiger partial charge on any atom is -0.462 e. The molecule has 0 aliphatic carbocycles. The highest BCUT2D eigenvalue weighted by Gasteiger charge is 2.24. The summed E-state index contributed by atoms with van der Waals surface area (Å²) in [5, 5.41) is 23.6. The van der Waals surface area contributed by atoms with Crippen LogP contribution >= 0.6 is 0 Å². The van der Waals surface area contributed by atoms with Crippen molar-refractivity contribution in [3.8, 4) is 0 Å². The molecule has 0 aromatic heterocycles. The summed E-state index contributed by atoms with van der Waals surface area (Å²) in [6.07, 6.45) is 40.2. The molecule has 0 aliphatic heterocycles. The summed E-state index contributed by atoms with van der Waals surface area (Å²) in [5.74, 6) is -0.460. The largest absolute Gasteiger partial charge is 0.462 e. The highest BCUT2D eigenvalue weighted by atomic mass is 16.5. The van der Waals surface area contributed by atoms with Gasteiger partial charge in [-0.15, -0.1) is 0 Å². The van der Waals surface area contributed by atoms with Crippen molar-refractivity contribution < 1.29 is 24.5 Å². The van der Waals surface area contributed by atoms with Crippen LogP contribution in [0.1, 0.15) is 252 Å². The zero-order chi connectivity index (χ0) is 37.5. The monoisotopic (exact) mass is 724 g/mol. The van der Waals surface area contributed by atoms with Gasteiger partial charge in [0.25, 0.3) is 0 Å². The van der Waals surface area contributed by atoms with Crippen molar-refractivity contribution >= 4 is 11.9 Å². The molecule has 0 bridgehead atoms. The lowest BCUT2D eigenvalue weighted by molar-refractivity contribution is -0.151. The summed E-state index contributed by atoms with van der Waals surface area (Å²) in [7, 11) is 0. The maximum Gasteiger partial charge on any atom is 0.306 e. The van der Waals surface area contributed by atoms with Crippen LogP contribution < -0.4 is 5.32 Å². The molecule has 0 aliphatic rings. The SMILES string of the molecule is CCCCCCCCCCCCCCC(CC(=O)NC(CO)C(O)CCCCCCCCCCC)OC(=O)CCCCCCCCCCCCC. The number of amides is 1. The van der Waals surface area contributed by atoms with E-state index >= 15 is 0 Å². The lowest BCUT2D eigenvalue weighted by Gasteiger charge is -2.24. The van der Waals surface area contributed by atoms with E-state index in [0.29, 0.717) is 19.3 Å². The van der Waals surface area contributed by atoms with Gasteiger partial charge in [-0.25, -0.2) is 0 Å². The highest BCUT2D eigenvalue weighted by Crippen LogP contribution is 2.18. The van der Waals surface area contributed by atoms with Gasteiger partial charge in [0.15, 0.2) is 0 Å². The third-order valence-electron chi connectivity index (χ3n) is 10.7. The van der Waals surface area contributed by atoms with Crippen molar-refractivity contribution in [3.63, 3.8) is 0 Å². The number of hydrogen-bond acceptors (Lipinski definition) is 5. The van der Waals surface area contributed by atoms with E-state index in [1.807, 2.05) is 0 Å². The third-order valence-corrected chi connectivity index (χ3v) is 10.7. The van der Waals surface area contributed by atoms with E-state index in [1.165, 1.54) is 161 Å². The molecule has 3 atom stereocenters. The van der Waals surface area contributed by atoms with Gasteiger partial charge in [-0.05, 0) is 25.7 Å². The third kappa shape index (κ3) is 35.6. The molecule has 3 N–H and O–H groups in total. The number of rotatable bonds is 41. The lowest BCUT2D eigenvalue weighted by atomic mass is 10.0. The first kappa shape index (κ1) is 49.9. The molecule has 0 rings (SSSR count). The van der Waals surface area contributed by atoms with Crippen LogP contribution in [0.15, 0.2) is 0 Å². The fourth-order valence-corrected chi connectivity index (χ4v) is 7.20. The van der Waals surface area contributed by atoms with Gasteiger partial charge in [-0.1, -0.05) is 213 Å². The molecule has 51 heavy (non-hydrogen) atoms. The molecule has 0 spiro atoms. The average Bonchev–Trinajstić information content (AvgIpc) is 3.12. The Morgan fingerprint density at radius 2 is 0.824 bits per heavy atom. The predicted molar refractivity (Wildman–Crippen MR) is 218 cm³/mol. The van der Waals surface area contributed by atoms with Crippen molar-refractivity contribution in [2.45, 2.75) is 270 Å². The molecular formula is C45H89NO5. The number of nitrogens with one attached hydrogen (secondary N) is 1. The van der Waals surface area contributed by atoms with Crippen molar-refractivity contribution in [3.05, 3.63) is 0 Å². The quantitative estimate of drug-likeness (QED) is 0.0431. The summed E-state index contributed by atoms with van der Waals surface area (Å²) < 4.78 is 5.90. The van der Waals surface area contributed by atoms with E-state index in [2.05, 4.69) is 26.1 Å². The van der Waals surface area contributed by atoms with Gasteiger partial charge < -0.3 is 20.3 Å². The van der Waals surface area contributed by atoms with Crippen LogP contribution in [0.3, 0.4) is 0 Å². The molecule has 0 fully saturated rings. The maximum atomic E-state index is 13.1. The first-order chi connectivity index (χ1) is 25.0. The maximum absolute atomic E-state index is 13.1. The molecule has 0 saturated heterocycles. The zero-order valence-corrected chi connectivity index (χ0v) is 34.5. The van der Waals surface area contributed by atoms with Crippen LogP contribution in [0.4, 0.5) is 0 Å². The molecule has 0 aromatic carbocycles. The number of carbonyl (C=O) groups is 2. The number of aliphatic hydroxyl groups excluding tert-OH is 2. The van der Waals surface area contributed by atoms with Crippen LogP contribution in [0.2, 0.25) is 0 Å². The molecule has 1 amide bonds.